The number of aryl methyl sites for hydroxylation is 1. The first kappa shape index (κ1) is 15.7. The van der Waals surface area contributed by atoms with Crippen molar-refractivity contribution in [3.05, 3.63) is 53.9 Å². The number of benzene rings is 1. The largest absolute Gasteiger partial charge is 0.271 e. The Morgan fingerprint density at radius 1 is 1.19 bits per heavy atom. The number of nitrogens with zero attached hydrogens (tertiary/aromatic N) is 2. The number of aromatic nitrogens is 2. The van der Waals surface area contributed by atoms with Crippen molar-refractivity contribution in [1.82, 2.24) is 15.2 Å². The zero-order chi connectivity index (χ0) is 15.2. The maximum atomic E-state index is 5.93. The topological polar surface area (TPSA) is 55.9 Å². The molecule has 0 spiro atoms. The van der Waals surface area contributed by atoms with Crippen molar-refractivity contribution >= 4 is 0 Å². The highest BCUT2D eigenvalue weighted by molar-refractivity contribution is 5.25. The highest BCUT2D eigenvalue weighted by atomic mass is 15.3. The molecular formula is C17H26N4. The highest BCUT2D eigenvalue weighted by Crippen LogP contribution is 2.37. The SMILES string of the molecule is CCC(C)C(c1ccccc1)C(NN)c1ccnn1CC. The highest BCUT2D eigenvalue weighted by Gasteiger charge is 2.30. The van der Waals surface area contributed by atoms with E-state index in [2.05, 4.69) is 67.7 Å². The summed E-state index contributed by atoms with van der Waals surface area (Å²) in [5, 5.41) is 4.39. The summed E-state index contributed by atoms with van der Waals surface area (Å²) in [6.07, 6.45) is 2.96. The van der Waals surface area contributed by atoms with Crippen LogP contribution in [0, 0.1) is 5.92 Å². The summed E-state index contributed by atoms with van der Waals surface area (Å²) in [5.74, 6) is 6.77. The molecular weight excluding hydrogens is 260 g/mol. The molecule has 0 amide bonds. The Bertz CT molecular complexity index is 535. The summed E-state index contributed by atoms with van der Waals surface area (Å²) in [6.45, 7) is 7.47. The summed E-state index contributed by atoms with van der Waals surface area (Å²) in [6, 6.07) is 12.7. The zero-order valence-electron chi connectivity index (χ0n) is 13.2. The number of hydrogen-bond acceptors (Lipinski definition) is 3. The van der Waals surface area contributed by atoms with Crippen LogP contribution in [0.25, 0.3) is 0 Å². The molecule has 4 nitrogen and oxygen atoms in total. The van der Waals surface area contributed by atoms with Crippen LogP contribution >= 0.6 is 0 Å². The van der Waals surface area contributed by atoms with Gasteiger partial charge < -0.3 is 0 Å². The maximum Gasteiger partial charge on any atom is 0.0699 e. The minimum absolute atomic E-state index is 0.0600. The minimum atomic E-state index is 0.0600. The van der Waals surface area contributed by atoms with Crippen molar-refractivity contribution in [3.8, 4) is 0 Å². The Morgan fingerprint density at radius 2 is 1.90 bits per heavy atom. The van der Waals surface area contributed by atoms with Gasteiger partial charge in [0.1, 0.15) is 0 Å². The van der Waals surface area contributed by atoms with E-state index in [0.29, 0.717) is 11.8 Å². The second-order valence-corrected chi connectivity index (χ2v) is 5.54. The van der Waals surface area contributed by atoms with Gasteiger partial charge >= 0.3 is 0 Å². The summed E-state index contributed by atoms with van der Waals surface area (Å²) >= 11 is 0. The maximum absolute atomic E-state index is 5.93. The number of nitrogens with one attached hydrogen (secondary N) is 1. The average molecular weight is 286 g/mol. The number of hydrazine groups is 1. The molecule has 3 unspecified atom stereocenters. The third-order valence-corrected chi connectivity index (χ3v) is 4.35. The van der Waals surface area contributed by atoms with Crippen molar-refractivity contribution in [1.29, 1.82) is 0 Å². The van der Waals surface area contributed by atoms with Crippen LogP contribution in [-0.4, -0.2) is 9.78 Å². The predicted octanol–water partition coefficient (Wildman–Crippen LogP) is 3.24. The molecule has 0 aliphatic rings. The fraction of sp³-hybridized carbons (Fsp3) is 0.471. The molecule has 3 N–H and O–H groups in total. The summed E-state index contributed by atoms with van der Waals surface area (Å²) in [7, 11) is 0. The van der Waals surface area contributed by atoms with Gasteiger partial charge in [-0.05, 0) is 24.5 Å². The Hall–Kier alpha value is -1.65. The van der Waals surface area contributed by atoms with Crippen LogP contribution in [0.5, 0.6) is 0 Å². The first-order valence-electron chi connectivity index (χ1n) is 7.75. The van der Waals surface area contributed by atoms with Gasteiger partial charge in [0.25, 0.3) is 0 Å². The molecule has 0 fully saturated rings. The number of nitrogens with two attached hydrogens (primary N) is 1. The van der Waals surface area contributed by atoms with Gasteiger partial charge in [-0.1, -0.05) is 50.6 Å². The molecule has 0 saturated carbocycles. The molecule has 1 aromatic carbocycles. The summed E-state index contributed by atoms with van der Waals surface area (Å²) in [4.78, 5) is 0. The van der Waals surface area contributed by atoms with E-state index < -0.39 is 0 Å². The average Bonchev–Trinajstić information content (AvgIpc) is 3.00. The van der Waals surface area contributed by atoms with Crippen LogP contribution in [0.2, 0.25) is 0 Å². The van der Waals surface area contributed by atoms with Crippen LogP contribution in [0.1, 0.15) is 50.4 Å². The third kappa shape index (κ3) is 3.34. The van der Waals surface area contributed by atoms with E-state index in [4.69, 9.17) is 5.84 Å². The quantitative estimate of drug-likeness (QED) is 0.607. The molecule has 4 heteroatoms. The Morgan fingerprint density at radius 3 is 2.48 bits per heavy atom. The Labute approximate surface area is 127 Å². The molecule has 0 aliphatic carbocycles. The van der Waals surface area contributed by atoms with Crippen LogP contribution < -0.4 is 11.3 Å². The van der Waals surface area contributed by atoms with Crippen LogP contribution in [0.3, 0.4) is 0 Å². The van der Waals surface area contributed by atoms with Crippen LogP contribution in [0.15, 0.2) is 42.6 Å². The summed E-state index contributed by atoms with van der Waals surface area (Å²) < 4.78 is 2.02. The molecule has 1 heterocycles. The number of hydrogen-bond donors (Lipinski definition) is 2. The zero-order valence-corrected chi connectivity index (χ0v) is 13.2. The fourth-order valence-electron chi connectivity index (χ4n) is 3.02. The van der Waals surface area contributed by atoms with E-state index in [9.17, 15) is 0 Å². The van der Waals surface area contributed by atoms with E-state index in [1.54, 1.807) is 0 Å². The van der Waals surface area contributed by atoms with E-state index in [1.165, 1.54) is 5.56 Å². The van der Waals surface area contributed by atoms with E-state index in [1.807, 2.05) is 10.9 Å². The van der Waals surface area contributed by atoms with Crippen molar-refractivity contribution < 1.29 is 0 Å². The van der Waals surface area contributed by atoms with Gasteiger partial charge in [-0.25, -0.2) is 0 Å². The predicted molar refractivity (Wildman–Crippen MR) is 86.6 cm³/mol. The van der Waals surface area contributed by atoms with Crippen molar-refractivity contribution in [3.63, 3.8) is 0 Å². The van der Waals surface area contributed by atoms with Crippen molar-refractivity contribution in [2.75, 3.05) is 0 Å². The molecule has 0 bridgehead atoms. The van der Waals surface area contributed by atoms with Gasteiger partial charge in [-0.2, -0.15) is 5.10 Å². The fourth-order valence-corrected chi connectivity index (χ4v) is 3.02. The molecule has 21 heavy (non-hydrogen) atoms. The molecule has 0 aliphatic heterocycles. The Balaban J connectivity index is 2.43. The van der Waals surface area contributed by atoms with Crippen molar-refractivity contribution in [2.45, 2.75) is 45.7 Å². The van der Waals surface area contributed by atoms with E-state index >= 15 is 0 Å². The first-order valence-corrected chi connectivity index (χ1v) is 7.75. The molecule has 2 rings (SSSR count). The molecule has 0 saturated heterocycles. The molecule has 3 atom stereocenters. The van der Waals surface area contributed by atoms with Crippen LogP contribution in [0.4, 0.5) is 0 Å². The molecule has 0 radical (unpaired) electrons. The smallest absolute Gasteiger partial charge is 0.0699 e. The van der Waals surface area contributed by atoms with Gasteiger partial charge in [-0.3, -0.25) is 16.0 Å². The van der Waals surface area contributed by atoms with Gasteiger partial charge in [-0.15, -0.1) is 0 Å². The second kappa shape index (κ2) is 7.38. The standard InChI is InChI=1S/C17H26N4/c1-4-13(3)16(14-9-7-6-8-10-14)17(20-18)15-11-12-19-21(15)5-2/h6-13,16-17,20H,4-5,18H2,1-3H3. The molecule has 2 aromatic rings. The van der Waals surface area contributed by atoms with E-state index in [-0.39, 0.29) is 6.04 Å². The number of rotatable bonds is 7. The third-order valence-electron chi connectivity index (χ3n) is 4.35. The van der Waals surface area contributed by atoms with Gasteiger partial charge in [0.05, 0.1) is 11.7 Å². The van der Waals surface area contributed by atoms with Crippen LogP contribution in [-0.2, 0) is 6.54 Å². The normalized spacial score (nSPS) is 15.6. The molecule has 1 aromatic heterocycles. The molecule has 114 valence electrons. The Kier molecular flexibility index (Phi) is 5.53. The van der Waals surface area contributed by atoms with Gasteiger partial charge in [0.15, 0.2) is 0 Å². The van der Waals surface area contributed by atoms with E-state index in [0.717, 1.165) is 18.7 Å². The van der Waals surface area contributed by atoms with Gasteiger partial charge in [0.2, 0.25) is 0 Å². The lowest BCUT2D eigenvalue weighted by atomic mass is 9.79. The lowest BCUT2D eigenvalue weighted by Gasteiger charge is -2.32. The second-order valence-electron chi connectivity index (χ2n) is 5.54. The first-order chi connectivity index (χ1) is 10.2. The minimum Gasteiger partial charge on any atom is -0.271 e. The lowest BCUT2D eigenvalue weighted by molar-refractivity contribution is 0.328. The summed E-state index contributed by atoms with van der Waals surface area (Å²) in [5.41, 5.74) is 5.50. The van der Waals surface area contributed by atoms with Gasteiger partial charge in [0, 0.05) is 18.7 Å². The van der Waals surface area contributed by atoms with Crippen molar-refractivity contribution in [2.24, 2.45) is 11.8 Å². The monoisotopic (exact) mass is 286 g/mol. The lowest BCUT2D eigenvalue weighted by Crippen LogP contribution is -2.36.